The smallest absolute Gasteiger partial charge is 0.0574 e. The third-order valence-corrected chi connectivity index (χ3v) is 2.13. The van der Waals surface area contributed by atoms with E-state index in [0.717, 1.165) is 4.47 Å². The van der Waals surface area contributed by atoms with Crippen LogP contribution in [0.15, 0.2) is 28.7 Å². The van der Waals surface area contributed by atoms with Gasteiger partial charge in [0.05, 0.1) is 1.37 Å². The molecule has 1 rings (SSSR count). The summed E-state index contributed by atoms with van der Waals surface area (Å²) in [7, 11) is 0. The van der Waals surface area contributed by atoms with Crippen LogP contribution >= 0.6 is 15.9 Å². The van der Waals surface area contributed by atoms with Gasteiger partial charge in [-0.1, -0.05) is 48.8 Å². The molecule has 11 heavy (non-hydrogen) atoms. The number of rotatable bonds is 0. The number of hydrogen-bond acceptors (Lipinski definition) is 0. The average molecular weight is 214 g/mol. The third-order valence-electron chi connectivity index (χ3n) is 1.64. The second kappa shape index (κ2) is 2.98. The third kappa shape index (κ3) is 2.33. The molecule has 0 aromatic heterocycles. The van der Waals surface area contributed by atoms with Crippen molar-refractivity contribution in [3.05, 3.63) is 34.3 Å². The zero-order valence-electron chi connectivity index (χ0n) is 8.11. The van der Waals surface area contributed by atoms with Crippen LogP contribution in [0.3, 0.4) is 0 Å². The van der Waals surface area contributed by atoms with Gasteiger partial charge in [-0.05, 0) is 23.1 Å². The molecule has 1 heteroatoms. The minimum atomic E-state index is 0.135. The first-order valence-electron chi connectivity index (χ1n) is 4.18. The van der Waals surface area contributed by atoms with Gasteiger partial charge in [0, 0.05) is 4.47 Å². The summed E-state index contributed by atoms with van der Waals surface area (Å²) in [4.78, 5) is 0. The van der Waals surface area contributed by atoms with Crippen LogP contribution in [0.1, 0.15) is 27.7 Å². The lowest BCUT2D eigenvalue weighted by molar-refractivity contribution is 0.590. The maximum absolute atomic E-state index is 7.59. The Morgan fingerprint density at radius 1 is 1.27 bits per heavy atom. The minimum absolute atomic E-state index is 0.135. The van der Waals surface area contributed by atoms with E-state index in [4.69, 9.17) is 1.37 Å². The summed E-state index contributed by atoms with van der Waals surface area (Å²) < 4.78 is 8.45. The molecule has 0 bridgehead atoms. The Labute approximate surface area is 78.2 Å². The molecule has 0 aliphatic carbocycles. The van der Waals surface area contributed by atoms with Gasteiger partial charge in [0.1, 0.15) is 0 Å². The van der Waals surface area contributed by atoms with Gasteiger partial charge >= 0.3 is 0 Å². The molecule has 0 atom stereocenters. The molecule has 60 valence electrons. The largest absolute Gasteiger partial charge is 0.0635 e. The molecule has 0 saturated carbocycles. The highest BCUT2D eigenvalue weighted by atomic mass is 79.9. The monoisotopic (exact) mass is 213 g/mol. The molecule has 1 aromatic carbocycles. The summed E-state index contributed by atoms with van der Waals surface area (Å²) in [6.07, 6.45) is 0. The van der Waals surface area contributed by atoms with E-state index in [-0.39, 0.29) is 5.41 Å². The second-order valence-corrected chi connectivity index (χ2v) is 4.53. The maximum atomic E-state index is 7.59. The van der Waals surface area contributed by atoms with Crippen LogP contribution in [0.25, 0.3) is 0 Å². The fourth-order valence-corrected chi connectivity index (χ4v) is 1.12. The zero-order chi connectivity index (χ0) is 9.35. The predicted molar refractivity (Wildman–Crippen MR) is 52.8 cm³/mol. The normalized spacial score (nSPS) is 12.9. The average Bonchev–Trinajstić information content (AvgIpc) is 1.92. The van der Waals surface area contributed by atoms with Crippen LogP contribution in [-0.4, -0.2) is 0 Å². The molecule has 0 spiro atoms. The fourth-order valence-electron chi connectivity index (χ4n) is 0.872. The summed E-state index contributed by atoms with van der Waals surface area (Å²) in [5, 5.41) is 0. The first-order valence-corrected chi connectivity index (χ1v) is 4.47. The summed E-state index contributed by atoms with van der Waals surface area (Å²) >= 11 is 3.31. The Kier molecular flexibility index (Phi) is 1.99. The molecular formula is C10H13Br. The molecule has 0 radical (unpaired) electrons. The van der Waals surface area contributed by atoms with E-state index >= 15 is 0 Å². The Hall–Kier alpha value is -0.300. The van der Waals surface area contributed by atoms with Gasteiger partial charge in [0.15, 0.2) is 0 Å². The van der Waals surface area contributed by atoms with E-state index in [1.54, 1.807) is 0 Å². The van der Waals surface area contributed by atoms with Crippen molar-refractivity contribution >= 4 is 15.9 Å². The second-order valence-electron chi connectivity index (χ2n) is 3.68. The van der Waals surface area contributed by atoms with Crippen molar-refractivity contribution in [3.8, 4) is 0 Å². The zero-order valence-corrected chi connectivity index (χ0v) is 8.70. The highest BCUT2D eigenvalue weighted by Crippen LogP contribution is 2.23. The molecule has 0 nitrogen and oxygen atoms in total. The van der Waals surface area contributed by atoms with Crippen molar-refractivity contribution in [1.29, 1.82) is 0 Å². The lowest BCUT2D eigenvalue weighted by Crippen LogP contribution is -2.10. The summed E-state index contributed by atoms with van der Waals surface area (Å²) in [6.45, 7) is 6.45. The van der Waals surface area contributed by atoms with Crippen molar-refractivity contribution < 1.29 is 1.37 Å². The van der Waals surface area contributed by atoms with Gasteiger partial charge < -0.3 is 0 Å². The van der Waals surface area contributed by atoms with E-state index in [9.17, 15) is 0 Å². The van der Waals surface area contributed by atoms with E-state index in [2.05, 4.69) is 42.8 Å². The van der Waals surface area contributed by atoms with Gasteiger partial charge in [-0.15, -0.1) is 0 Å². The van der Waals surface area contributed by atoms with E-state index in [0.29, 0.717) is 6.04 Å². The number of halogens is 1. The number of benzene rings is 1. The molecule has 0 aliphatic rings. The van der Waals surface area contributed by atoms with E-state index in [1.165, 1.54) is 5.56 Å². The van der Waals surface area contributed by atoms with Gasteiger partial charge in [-0.3, -0.25) is 0 Å². The molecule has 1 aromatic rings. The van der Waals surface area contributed by atoms with Gasteiger partial charge in [0.2, 0.25) is 0 Å². The molecular weight excluding hydrogens is 200 g/mol. The molecule has 0 fully saturated rings. The van der Waals surface area contributed by atoms with Crippen LogP contribution in [0.4, 0.5) is 0 Å². The summed E-state index contributed by atoms with van der Waals surface area (Å²) in [5.74, 6) is 0. The van der Waals surface area contributed by atoms with Gasteiger partial charge in [0.25, 0.3) is 0 Å². The molecule has 0 unspecified atom stereocenters. The van der Waals surface area contributed by atoms with Crippen LogP contribution in [0.2, 0.25) is 0 Å². The van der Waals surface area contributed by atoms with Crippen LogP contribution in [-0.2, 0) is 5.41 Å². The fraction of sp³-hybridized carbons (Fsp3) is 0.400. The SMILES string of the molecule is [2H]c1cc(C(C)(C)C)ccc1Br. The predicted octanol–water partition coefficient (Wildman–Crippen LogP) is 3.75. The summed E-state index contributed by atoms with van der Waals surface area (Å²) in [6, 6.07) is 6.46. The van der Waals surface area contributed by atoms with Crippen molar-refractivity contribution in [2.24, 2.45) is 0 Å². The minimum Gasteiger partial charge on any atom is -0.0574 e. The van der Waals surface area contributed by atoms with Gasteiger partial charge in [-0.25, -0.2) is 0 Å². The first kappa shape index (κ1) is 7.35. The van der Waals surface area contributed by atoms with Gasteiger partial charge in [-0.2, -0.15) is 0 Å². The van der Waals surface area contributed by atoms with E-state index < -0.39 is 0 Å². The van der Waals surface area contributed by atoms with E-state index in [1.807, 2.05) is 12.1 Å². The van der Waals surface area contributed by atoms with Crippen LogP contribution in [0, 0.1) is 0 Å². The van der Waals surface area contributed by atoms with Crippen molar-refractivity contribution in [2.75, 3.05) is 0 Å². The van der Waals surface area contributed by atoms with Crippen molar-refractivity contribution in [2.45, 2.75) is 26.2 Å². The standard InChI is InChI=1S/C10H13Br/c1-10(2,3)8-4-6-9(11)7-5-8/h4-7H,1-3H3/i6D. The van der Waals surface area contributed by atoms with Crippen LogP contribution in [0.5, 0.6) is 0 Å². The quantitative estimate of drug-likeness (QED) is 0.617. The first-order chi connectivity index (χ1) is 5.41. The molecule has 0 heterocycles. The van der Waals surface area contributed by atoms with Crippen molar-refractivity contribution in [3.63, 3.8) is 0 Å². The Morgan fingerprint density at radius 3 is 2.36 bits per heavy atom. The maximum Gasteiger partial charge on any atom is 0.0635 e. The highest BCUT2D eigenvalue weighted by molar-refractivity contribution is 9.10. The van der Waals surface area contributed by atoms with Crippen LogP contribution < -0.4 is 0 Å². The Morgan fingerprint density at radius 2 is 1.91 bits per heavy atom. The molecule has 0 N–H and O–H groups in total. The Bertz CT molecular complexity index is 286. The molecule has 0 saturated heterocycles. The molecule has 0 amide bonds. The topological polar surface area (TPSA) is 0 Å². The molecule has 0 aliphatic heterocycles. The van der Waals surface area contributed by atoms with Crippen molar-refractivity contribution in [1.82, 2.24) is 0 Å². The Balaban J connectivity index is 3.14. The summed E-state index contributed by atoms with van der Waals surface area (Å²) in [5.41, 5.74) is 1.34. The lowest BCUT2D eigenvalue weighted by atomic mass is 9.87. The highest BCUT2D eigenvalue weighted by Gasteiger charge is 2.12. The number of hydrogen-bond donors (Lipinski definition) is 0. The lowest BCUT2D eigenvalue weighted by Gasteiger charge is -2.18.